The van der Waals surface area contributed by atoms with Gasteiger partial charge in [-0.25, -0.2) is 19.9 Å². The highest BCUT2D eigenvalue weighted by molar-refractivity contribution is 5.59. The van der Waals surface area contributed by atoms with Crippen LogP contribution in [0.5, 0.6) is 0 Å². The minimum absolute atomic E-state index is 0.335. The van der Waals surface area contributed by atoms with Gasteiger partial charge in [0.05, 0.1) is 11.9 Å². The first-order valence-electron chi connectivity index (χ1n) is 8.50. The van der Waals surface area contributed by atoms with Crippen molar-refractivity contribution in [3.05, 3.63) is 72.7 Å². The van der Waals surface area contributed by atoms with Crippen LogP contribution in [0.1, 0.15) is 11.4 Å². The lowest BCUT2D eigenvalue weighted by atomic mass is 10.1. The Morgan fingerprint density at radius 2 is 1.83 bits per heavy atom. The molecule has 0 bridgehead atoms. The number of aromatic nitrogens is 6. The summed E-state index contributed by atoms with van der Waals surface area (Å²) in [6.45, 7) is 1.77. The molecule has 1 N–H and O–H groups in total. The van der Waals surface area contributed by atoms with Gasteiger partial charge < -0.3 is 5.32 Å². The molecule has 0 radical (unpaired) electrons. The Labute approximate surface area is 163 Å². The first-order chi connectivity index (χ1) is 13.9. The van der Waals surface area contributed by atoms with E-state index in [-0.39, 0.29) is 0 Å². The normalized spacial score (nSPS) is 11.4. The Morgan fingerprint density at radius 1 is 0.966 bits per heavy atom. The zero-order chi connectivity index (χ0) is 20.4. The van der Waals surface area contributed by atoms with Gasteiger partial charge in [-0.05, 0) is 37.3 Å². The van der Waals surface area contributed by atoms with E-state index in [2.05, 4.69) is 30.2 Å². The van der Waals surface area contributed by atoms with Crippen molar-refractivity contribution in [3.63, 3.8) is 0 Å². The number of alkyl halides is 3. The van der Waals surface area contributed by atoms with Gasteiger partial charge in [0.15, 0.2) is 0 Å². The Morgan fingerprint density at radius 3 is 2.52 bits per heavy atom. The summed E-state index contributed by atoms with van der Waals surface area (Å²) in [5.41, 5.74) is 0.614. The lowest BCUT2D eigenvalue weighted by Crippen LogP contribution is -2.07. The molecule has 4 aromatic heterocycles. The molecule has 146 valence electrons. The van der Waals surface area contributed by atoms with Gasteiger partial charge in [-0.2, -0.15) is 13.2 Å². The molecule has 0 saturated carbocycles. The van der Waals surface area contributed by atoms with Crippen LogP contribution in [-0.4, -0.2) is 29.5 Å². The standard InChI is InChI=1S/C19H14F3N7/c1-12-8-14(13-5-6-15(24-9-13)19(20,21)22)27-18(26-12)29-10-17(25-11-29)28-16-4-2-3-7-23-16/h2-11H,1H3,(H,23,28). The maximum atomic E-state index is 12.7. The Kier molecular flexibility index (Phi) is 4.67. The molecule has 0 unspecified atom stereocenters. The van der Waals surface area contributed by atoms with Crippen molar-refractivity contribution in [2.45, 2.75) is 13.1 Å². The first kappa shape index (κ1) is 18.5. The summed E-state index contributed by atoms with van der Waals surface area (Å²) in [7, 11) is 0. The fourth-order valence-electron chi connectivity index (χ4n) is 2.59. The first-order valence-corrected chi connectivity index (χ1v) is 8.50. The number of rotatable bonds is 4. The van der Waals surface area contributed by atoms with E-state index < -0.39 is 11.9 Å². The summed E-state index contributed by atoms with van der Waals surface area (Å²) in [4.78, 5) is 20.7. The summed E-state index contributed by atoms with van der Waals surface area (Å²) < 4.78 is 39.8. The zero-order valence-electron chi connectivity index (χ0n) is 15.1. The van der Waals surface area contributed by atoms with Crippen LogP contribution >= 0.6 is 0 Å². The SMILES string of the molecule is Cc1cc(-c2ccc(C(F)(F)F)nc2)nc(-n2cnc(Nc3ccccn3)c2)n1. The highest BCUT2D eigenvalue weighted by atomic mass is 19.4. The molecule has 4 aromatic rings. The lowest BCUT2D eigenvalue weighted by molar-refractivity contribution is -0.141. The summed E-state index contributed by atoms with van der Waals surface area (Å²) in [6.07, 6.45) is 1.55. The maximum absolute atomic E-state index is 12.7. The number of imidazole rings is 1. The number of pyridine rings is 2. The lowest BCUT2D eigenvalue weighted by Gasteiger charge is -2.08. The molecule has 0 saturated heterocycles. The number of nitrogens with zero attached hydrogens (tertiary/aromatic N) is 6. The minimum Gasteiger partial charge on any atom is -0.324 e. The number of hydrogen-bond donors (Lipinski definition) is 1. The molecule has 0 aromatic carbocycles. The topological polar surface area (TPSA) is 81.4 Å². The molecule has 4 heterocycles. The highest BCUT2D eigenvalue weighted by Gasteiger charge is 2.32. The van der Waals surface area contributed by atoms with Gasteiger partial charge in [-0.1, -0.05) is 6.07 Å². The van der Waals surface area contributed by atoms with E-state index in [9.17, 15) is 13.2 Å². The van der Waals surface area contributed by atoms with Crippen LogP contribution < -0.4 is 5.32 Å². The van der Waals surface area contributed by atoms with Gasteiger partial charge in [0.2, 0.25) is 5.95 Å². The van der Waals surface area contributed by atoms with Crippen LogP contribution in [-0.2, 0) is 6.18 Å². The number of hydrogen-bond acceptors (Lipinski definition) is 6. The van der Waals surface area contributed by atoms with Crippen LogP contribution in [0.3, 0.4) is 0 Å². The molecular weight excluding hydrogens is 383 g/mol. The third-order valence-electron chi connectivity index (χ3n) is 3.93. The second kappa shape index (κ2) is 7.30. The molecule has 0 aliphatic rings. The predicted molar refractivity (Wildman–Crippen MR) is 99.6 cm³/mol. The van der Waals surface area contributed by atoms with Crippen LogP contribution in [0.2, 0.25) is 0 Å². The molecule has 0 aliphatic carbocycles. The van der Waals surface area contributed by atoms with E-state index in [0.29, 0.717) is 34.5 Å². The third-order valence-corrected chi connectivity index (χ3v) is 3.93. The molecule has 29 heavy (non-hydrogen) atoms. The van der Waals surface area contributed by atoms with Gasteiger partial charge in [-0.15, -0.1) is 0 Å². The molecule has 7 nitrogen and oxygen atoms in total. The number of halogens is 3. The number of anilines is 2. The molecular formula is C19H14F3N7. The van der Waals surface area contributed by atoms with E-state index >= 15 is 0 Å². The fourth-order valence-corrected chi connectivity index (χ4v) is 2.59. The van der Waals surface area contributed by atoms with Crippen molar-refractivity contribution < 1.29 is 13.2 Å². The number of nitrogens with one attached hydrogen (secondary N) is 1. The van der Waals surface area contributed by atoms with Crippen molar-refractivity contribution in [1.82, 2.24) is 29.5 Å². The molecule has 0 fully saturated rings. The van der Waals surface area contributed by atoms with Crippen LogP contribution in [0, 0.1) is 6.92 Å². The van der Waals surface area contributed by atoms with Crippen molar-refractivity contribution in [1.29, 1.82) is 0 Å². The molecule has 10 heteroatoms. The molecule has 0 amide bonds. The van der Waals surface area contributed by atoms with Crippen molar-refractivity contribution in [3.8, 4) is 17.2 Å². The van der Waals surface area contributed by atoms with Crippen molar-refractivity contribution in [2.75, 3.05) is 5.32 Å². The summed E-state index contributed by atoms with van der Waals surface area (Å²) in [6, 6.07) is 9.40. The van der Waals surface area contributed by atoms with Gasteiger partial charge in [0.25, 0.3) is 0 Å². The largest absolute Gasteiger partial charge is 0.433 e. The second-order valence-electron chi connectivity index (χ2n) is 6.13. The van der Waals surface area contributed by atoms with E-state index in [0.717, 1.165) is 12.3 Å². The van der Waals surface area contributed by atoms with Crippen molar-refractivity contribution in [2.24, 2.45) is 0 Å². The molecule has 0 spiro atoms. The van der Waals surface area contributed by atoms with Gasteiger partial charge in [-0.3, -0.25) is 9.55 Å². The quantitative estimate of drug-likeness (QED) is 0.556. The Bertz CT molecular complexity index is 1120. The second-order valence-corrected chi connectivity index (χ2v) is 6.13. The van der Waals surface area contributed by atoms with Crippen LogP contribution in [0.4, 0.5) is 24.8 Å². The van der Waals surface area contributed by atoms with Crippen LogP contribution in [0.15, 0.2) is 61.3 Å². The highest BCUT2D eigenvalue weighted by Crippen LogP contribution is 2.29. The van der Waals surface area contributed by atoms with E-state index in [1.807, 2.05) is 12.1 Å². The molecule has 4 rings (SSSR count). The molecule has 0 aliphatic heterocycles. The van der Waals surface area contributed by atoms with E-state index in [1.165, 1.54) is 12.4 Å². The summed E-state index contributed by atoms with van der Waals surface area (Å²) in [5.74, 6) is 1.52. The fraction of sp³-hybridized carbons (Fsp3) is 0.105. The smallest absolute Gasteiger partial charge is 0.324 e. The number of aryl methyl sites for hydroxylation is 1. The summed E-state index contributed by atoms with van der Waals surface area (Å²) in [5, 5.41) is 3.06. The van der Waals surface area contributed by atoms with Gasteiger partial charge in [0.1, 0.15) is 23.7 Å². The summed E-state index contributed by atoms with van der Waals surface area (Å²) >= 11 is 0. The zero-order valence-corrected chi connectivity index (χ0v) is 15.1. The maximum Gasteiger partial charge on any atom is 0.433 e. The van der Waals surface area contributed by atoms with E-state index in [1.54, 1.807) is 36.0 Å². The van der Waals surface area contributed by atoms with Crippen LogP contribution in [0.25, 0.3) is 17.2 Å². The van der Waals surface area contributed by atoms with E-state index in [4.69, 9.17) is 0 Å². The minimum atomic E-state index is -4.49. The predicted octanol–water partition coefficient (Wildman–Crippen LogP) is 4.19. The molecule has 0 atom stereocenters. The van der Waals surface area contributed by atoms with Gasteiger partial charge in [0, 0.05) is 23.7 Å². The van der Waals surface area contributed by atoms with Crippen molar-refractivity contribution >= 4 is 11.6 Å². The average Bonchev–Trinajstić information content (AvgIpc) is 3.16. The van der Waals surface area contributed by atoms with Gasteiger partial charge >= 0.3 is 6.18 Å². The Hall–Kier alpha value is -3.82. The Balaban J connectivity index is 1.62. The average molecular weight is 397 g/mol. The monoisotopic (exact) mass is 397 g/mol. The third kappa shape index (κ3) is 4.21.